The van der Waals surface area contributed by atoms with E-state index in [2.05, 4.69) is 0 Å². The molecule has 0 spiro atoms. The van der Waals surface area contributed by atoms with Crippen molar-refractivity contribution in [2.75, 3.05) is 13.1 Å². The summed E-state index contributed by atoms with van der Waals surface area (Å²) in [5.74, 6) is -3.88. The predicted molar refractivity (Wildman–Crippen MR) is 225 cm³/mol. The lowest BCUT2D eigenvalue weighted by atomic mass is 9.84. The van der Waals surface area contributed by atoms with Gasteiger partial charge < -0.3 is 0 Å². The first-order valence-electron chi connectivity index (χ1n) is 21.6. The van der Waals surface area contributed by atoms with Gasteiger partial charge in [0.25, 0.3) is 47.3 Å². The van der Waals surface area contributed by atoms with Crippen LogP contribution in [0.2, 0.25) is 0 Å². The van der Waals surface area contributed by atoms with E-state index in [1.165, 1.54) is 19.6 Å². The number of nitrogens with zero attached hydrogens (tertiary/aromatic N) is 4. The summed E-state index contributed by atoms with van der Waals surface area (Å²) < 4.78 is 0. The molecule has 0 fully saturated rings. The van der Waals surface area contributed by atoms with Crippen molar-refractivity contribution in [3.8, 4) is 0 Å². The van der Waals surface area contributed by atoms with Gasteiger partial charge in [-0.3, -0.25) is 58.0 Å². The van der Waals surface area contributed by atoms with Crippen LogP contribution in [0.3, 0.4) is 0 Å². The van der Waals surface area contributed by atoms with Gasteiger partial charge >= 0.3 is 0 Å². The number of rotatable bonds is 16. The summed E-state index contributed by atoms with van der Waals surface area (Å²) in [5, 5.41) is 1.37. The van der Waals surface area contributed by atoms with Crippen molar-refractivity contribution in [1.82, 2.24) is 19.6 Å². The average molecular weight is 811 g/mol. The molecule has 0 bridgehead atoms. The molecule has 4 aliphatic heterocycles. The van der Waals surface area contributed by atoms with Gasteiger partial charge in [-0.25, -0.2) is 0 Å². The Hall–Kier alpha value is -6.04. The van der Waals surface area contributed by atoms with Gasteiger partial charge in [0.15, 0.2) is 0 Å². The van der Waals surface area contributed by atoms with Crippen LogP contribution in [0.25, 0.3) is 21.5 Å². The zero-order chi connectivity index (χ0) is 42.7. The zero-order valence-electron chi connectivity index (χ0n) is 34.9. The molecule has 60 heavy (non-hydrogen) atoms. The van der Waals surface area contributed by atoms with Crippen LogP contribution in [-0.4, -0.2) is 92.0 Å². The third kappa shape index (κ3) is 6.16. The summed E-state index contributed by atoms with van der Waals surface area (Å²) in [7, 11) is 0. The molecule has 4 aliphatic rings. The average Bonchev–Trinajstić information content (AvgIpc) is 3.23. The van der Waals surface area contributed by atoms with Gasteiger partial charge in [-0.2, -0.15) is 0 Å². The van der Waals surface area contributed by atoms with Crippen molar-refractivity contribution < 1.29 is 38.4 Å². The fourth-order valence-corrected chi connectivity index (χ4v) is 10.1. The van der Waals surface area contributed by atoms with Crippen molar-refractivity contribution in [3.63, 3.8) is 0 Å². The maximum absolute atomic E-state index is 14.0. The van der Waals surface area contributed by atoms with Gasteiger partial charge in [0.1, 0.15) is 0 Å². The Kier molecular flexibility index (Phi) is 10.8. The van der Waals surface area contributed by atoms with Crippen LogP contribution in [0.15, 0.2) is 48.5 Å². The molecule has 12 heteroatoms. The van der Waals surface area contributed by atoms with Crippen molar-refractivity contribution in [2.24, 2.45) is 5.92 Å². The number of carbonyl (C=O) groups is 8. The smallest absolute Gasteiger partial charge is 0.261 e. The SMILES string of the molecule is CCCC(CCC)N1C(=O)c2ccc3c4c(ccc(c24)C1=O)C(=O)N(CCCC(C)CN1C(=O)c2ccc4c5c(ccc(c25)C1=O)C(=O)N(C(CCC)CCC)C4=O)C3=O. The van der Waals surface area contributed by atoms with E-state index in [1.807, 2.05) is 34.6 Å². The number of hydrogen-bond acceptors (Lipinski definition) is 8. The highest BCUT2D eigenvalue weighted by molar-refractivity contribution is 6.34. The summed E-state index contributed by atoms with van der Waals surface area (Å²) >= 11 is 0. The normalized spacial score (nSPS) is 16.6. The molecule has 1 atom stereocenters. The van der Waals surface area contributed by atoms with Crippen LogP contribution in [0.1, 0.15) is 182 Å². The first-order valence-corrected chi connectivity index (χ1v) is 21.6. The Morgan fingerprint density at radius 1 is 0.383 bits per heavy atom. The van der Waals surface area contributed by atoms with Crippen LogP contribution in [0.5, 0.6) is 0 Å². The van der Waals surface area contributed by atoms with E-state index in [-0.39, 0.29) is 53.3 Å². The van der Waals surface area contributed by atoms with Gasteiger partial charge in [0, 0.05) is 91.2 Å². The molecule has 12 nitrogen and oxygen atoms in total. The van der Waals surface area contributed by atoms with Crippen molar-refractivity contribution in [2.45, 2.75) is 111 Å². The predicted octanol–water partition coefficient (Wildman–Crippen LogP) is 8.43. The van der Waals surface area contributed by atoms with E-state index >= 15 is 0 Å². The lowest BCUT2D eigenvalue weighted by Crippen LogP contribution is -2.48. The molecule has 0 aromatic heterocycles. The summed E-state index contributed by atoms with van der Waals surface area (Å²) in [6.45, 7) is 10.1. The zero-order valence-corrected chi connectivity index (χ0v) is 34.9. The minimum atomic E-state index is -0.510. The van der Waals surface area contributed by atoms with Gasteiger partial charge in [-0.1, -0.05) is 60.3 Å². The second-order valence-corrected chi connectivity index (χ2v) is 16.8. The third-order valence-corrected chi connectivity index (χ3v) is 12.8. The van der Waals surface area contributed by atoms with E-state index in [1.54, 1.807) is 48.5 Å². The number of amides is 8. The monoisotopic (exact) mass is 810 g/mol. The summed E-state index contributed by atoms with van der Waals surface area (Å²) in [5.41, 5.74) is 2.27. The Balaban J connectivity index is 0.974. The first-order chi connectivity index (χ1) is 28.9. The molecular weight excluding hydrogens is 761 g/mol. The number of benzene rings is 4. The highest BCUT2D eigenvalue weighted by Gasteiger charge is 2.43. The van der Waals surface area contributed by atoms with Crippen molar-refractivity contribution in [1.29, 1.82) is 0 Å². The summed E-state index contributed by atoms with van der Waals surface area (Å²) in [4.78, 5) is 116. The molecule has 0 saturated carbocycles. The molecule has 0 N–H and O–H groups in total. The topological polar surface area (TPSA) is 150 Å². The Morgan fingerprint density at radius 3 is 0.933 bits per heavy atom. The van der Waals surface area contributed by atoms with Crippen LogP contribution in [-0.2, 0) is 0 Å². The molecule has 4 heterocycles. The molecule has 8 amide bonds. The van der Waals surface area contributed by atoms with Crippen LogP contribution in [0, 0.1) is 5.92 Å². The lowest BCUT2D eigenvalue weighted by molar-refractivity contribution is 0.0504. The fourth-order valence-electron chi connectivity index (χ4n) is 10.1. The van der Waals surface area contributed by atoms with Crippen LogP contribution in [0.4, 0.5) is 0 Å². The second-order valence-electron chi connectivity index (χ2n) is 16.8. The van der Waals surface area contributed by atoms with E-state index in [0.29, 0.717) is 82.3 Å². The molecular formula is C48H50N4O8. The maximum atomic E-state index is 14.0. The van der Waals surface area contributed by atoms with Crippen molar-refractivity contribution in [3.05, 3.63) is 93.0 Å². The van der Waals surface area contributed by atoms with Gasteiger partial charge in [-0.15, -0.1) is 0 Å². The molecule has 1 unspecified atom stereocenters. The number of imide groups is 4. The maximum Gasteiger partial charge on any atom is 0.261 e. The van der Waals surface area contributed by atoms with E-state index in [0.717, 1.165) is 25.7 Å². The van der Waals surface area contributed by atoms with E-state index < -0.39 is 47.3 Å². The summed E-state index contributed by atoms with van der Waals surface area (Å²) in [6, 6.07) is 12.2. The minimum Gasteiger partial charge on any atom is -0.274 e. The molecule has 0 radical (unpaired) electrons. The minimum absolute atomic E-state index is 0.0789. The Morgan fingerprint density at radius 2 is 0.650 bits per heavy atom. The van der Waals surface area contributed by atoms with E-state index in [4.69, 9.17) is 0 Å². The summed E-state index contributed by atoms with van der Waals surface area (Å²) in [6.07, 6.45) is 6.86. The Bertz CT molecular complexity index is 2420. The fraction of sp³-hybridized carbons (Fsp3) is 0.417. The van der Waals surface area contributed by atoms with Gasteiger partial charge in [-0.05, 0) is 93.0 Å². The highest BCUT2D eigenvalue weighted by atomic mass is 16.2. The first kappa shape index (κ1) is 40.7. The lowest BCUT2D eigenvalue weighted by Gasteiger charge is -2.36. The number of hydrogen-bond donors (Lipinski definition) is 0. The molecule has 0 aliphatic carbocycles. The van der Waals surface area contributed by atoms with Crippen LogP contribution >= 0.6 is 0 Å². The van der Waals surface area contributed by atoms with Crippen molar-refractivity contribution >= 4 is 68.8 Å². The number of carbonyl (C=O) groups excluding carboxylic acids is 8. The largest absolute Gasteiger partial charge is 0.274 e. The molecule has 8 rings (SSSR count). The highest BCUT2D eigenvalue weighted by Crippen LogP contribution is 2.41. The molecule has 4 aromatic carbocycles. The molecule has 4 aromatic rings. The van der Waals surface area contributed by atoms with Gasteiger partial charge in [0.05, 0.1) is 0 Å². The molecule has 0 saturated heterocycles. The second kappa shape index (κ2) is 15.9. The van der Waals surface area contributed by atoms with Gasteiger partial charge in [0.2, 0.25) is 0 Å². The standard InChI is InChI=1S/C48H50N4O8/c1-6-11-27(12-7-2)51-45(57)33-20-16-29-37-30(17-21-34(39(33)37)46(51)58)42(54)49(41(29)53)24-10-15-26(5)25-50-43(55)31-18-22-35-40-36(23-19-32(38(31)40)44(50)56)48(60)52(47(35)59)28(13-8-3)14-9-4/h16-23,26-28H,6-15,24-25H2,1-5H3. The quantitative estimate of drug-likeness (QED) is 0.102. The third-order valence-electron chi connectivity index (χ3n) is 12.8. The Labute approximate surface area is 348 Å². The van der Waals surface area contributed by atoms with E-state index in [9.17, 15) is 38.4 Å². The molecule has 310 valence electrons. The van der Waals surface area contributed by atoms with Crippen LogP contribution < -0.4 is 0 Å².